The van der Waals surface area contributed by atoms with Crippen LogP contribution < -0.4 is 10.6 Å². The molecule has 5 nitrogen and oxygen atoms in total. The summed E-state index contributed by atoms with van der Waals surface area (Å²) in [6.45, 7) is 1.86. The van der Waals surface area contributed by atoms with Crippen LogP contribution in [0.25, 0.3) is 0 Å². The lowest BCUT2D eigenvalue weighted by atomic mass is 10.1. The fourth-order valence-corrected chi connectivity index (χ4v) is 4.79. The van der Waals surface area contributed by atoms with E-state index in [1.54, 1.807) is 36.6 Å². The number of hydrogen-bond donors (Lipinski definition) is 2. The molecule has 3 rings (SSSR count). The predicted molar refractivity (Wildman–Crippen MR) is 114 cm³/mol. The van der Waals surface area contributed by atoms with Crippen LogP contribution in [-0.4, -0.2) is 39.3 Å². The smallest absolute Gasteiger partial charge is 0.243 e. The number of nitrogens with one attached hydrogen (secondary N) is 2. The molecule has 2 aromatic rings. The number of thioether (sulfide) groups is 1. The van der Waals surface area contributed by atoms with Crippen LogP contribution in [0.3, 0.4) is 0 Å². The maximum absolute atomic E-state index is 13.8. The Balaban J connectivity index is 1.55. The van der Waals surface area contributed by atoms with Gasteiger partial charge in [-0.25, -0.2) is 4.39 Å². The van der Waals surface area contributed by atoms with E-state index in [1.165, 1.54) is 17.8 Å². The Hall–Kier alpha value is -2.19. The van der Waals surface area contributed by atoms with E-state index in [2.05, 4.69) is 10.6 Å². The molecule has 154 valence electrons. The second-order valence-corrected chi connectivity index (χ2v) is 9.55. The summed E-state index contributed by atoms with van der Waals surface area (Å²) in [5.74, 6) is -0.414. The molecule has 0 bridgehead atoms. The molecule has 1 fully saturated rings. The van der Waals surface area contributed by atoms with Crippen molar-refractivity contribution in [3.63, 3.8) is 0 Å². The standard InChI is InChI=1S/C21H23FN2O3S2/c1-13(14-7-9-16(10-8-14)29(2)27)23-20(25)18-12-28-19(21(26)24-18)11-15-5-3-4-6-17(15)22/h3-10,13,18-19H,11-12H2,1-2H3,(H,23,25)(H,24,26)/t13-,18-,19+,29+/m0/s1. The summed E-state index contributed by atoms with van der Waals surface area (Å²) in [5, 5.41) is 5.24. The molecule has 0 aliphatic carbocycles. The van der Waals surface area contributed by atoms with Crippen LogP contribution in [0.5, 0.6) is 0 Å². The summed E-state index contributed by atoms with van der Waals surface area (Å²) in [6.07, 6.45) is 1.90. The van der Waals surface area contributed by atoms with Crippen molar-refractivity contribution < 1.29 is 18.2 Å². The summed E-state index contributed by atoms with van der Waals surface area (Å²) < 4.78 is 25.3. The minimum Gasteiger partial charge on any atom is -0.348 e. The van der Waals surface area contributed by atoms with Crippen molar-refractivity contribution in [1.82, 2.24) is 10.6 Å². The summed E-state index contributed by atoms with van der Waals surface area (Å²) in [7, 11) is -1.05. The molecular formula is C21H23FN2O3S2. The number of halogens is 1. The summed E-state index contributed by atoms with van der Waals surface area (Å²) in [6, 6.07) is 12.7. The molecule has 29 heavy (non-hydrogen) atoms. The number of amides is 2. The molecule has 1 aliphatic heterocycles. The van der Waals surface area contributed by atoms with Crippen molar-refractivity contribution in [1.29, 1.82) is 0 Å². The molecule has 2 N–H and O–H groups in total. The Morgan fingerprint density at radius 1 is 1.28 bits per heavy atom. The lowest BCUT2D eigenvalue weighted by molar-refractivity contribution is -0.129. The largest absolute Gasteiger partial charge is 0.348 e. The lowest BCUT2D eigenvalue weighted by Crippen LogP contribution is -2.54. The van der Waals surface area contributed by atoms with Gasteiger partial charge in [-0.1, -0.05) is 30.3 Å². The molecule has 0 saturated carbocycles. The van der Waals surface area contributed by atoms with Crippen LogP contribution in [0.2, 0.25) is 0 Å². The molecule has 1 aliphatic rings. The van der Waals surface area contributed by atoms with Crippen LogP contribution in [0.15, 0.2) is 53.4 Å². The second-order valence-electron chi connectivity index (χ2n) is 6.93. The molecule has 0 unspecified atom stereocenters. The van der Waals surface area contributed by atoms with Gasteiger partial charge in [0.2, 0.25) is 11.8 Å². The highest BCUT2D eigenvalue weighted by atomic mass is 32.2. The first-order valence-electron chi connectivity index (χ1n) is 9.24. The highest BCUT2D eigenvalue weighted by Gasteiger charge is 2.33. The quantitative estimate of drug-likeness (QED) is 0.733. The molecule has 2 amide bonds. The number of hydrogen-bond acceptors (Lipinski definition) is 4. The van der Waals surface area contributed by atoms with Crippen LogP contribution in [0.1, 0.15) is 24.1 Å². The Morgan fingerprint density at radius 2 is 1.97 bits per heavy atom. The van der Waals surface area contributed by atoms with Crippen LogP contribution in [-0.2, 0) is 26.8 Å². The molecular weight excluding hydrogens is 411 g/mol. The third-order valence-electron chi connectivity index (χ3n) is 4.82. The van der Waals surface area contributed by atoms with Gasteiger partial charge in [-0.15, -0.1) is 11.8 Å². The van der Waals surface area contributed by atoms with Crippen LogP contribution >= 0.6 is 11.8 Å². The van der Waals surface area contributed by atoms with E-state index in [4.69, 9.17) is 0 Å². The Bertz CT molecular complexity index is 920. The van der Waals surface area contributed by atoms with Gasteiger partial charge in [0.05, 0.1) is 11.3 Å². The predicted octanol–water partition coefficient (Wildman–Crippen LogP) is 2.58. The number of carbonyl (C=O) groups is 2. The maximum Gasteiger partial charge on any atom is 0.243 e. The summed E-state index contributed by atoms with van der Waals surface area (Å²) >= 11 is 1.37. The molecule has 0 spiro atoms. The average molecular weight is 435 g/mol. The Labute approximate surface area is 176 Å². The number of carbonyl (C=O) groups excluding carboxylic acids is 2. The van der Waals surface area contributed by atoms with Crippen molar-refractivity contribution in [2.45, 2.75) is 35.6 Å². The third-order valence-corrected chi connectivity index (χ3v) is 7.07. The first-order chi connectivity index (χ1) is 13.8. The highest BCUT2D eigenvalue weighted by Crippen LogP contribution is 2.24. The van der Waals surface area contributed by atoms with Crippen molar-refractivity contribution >= 4 is 34.4 Å². The Morgan fingerprint density at radius 3 is 2.59 bits per heavy atom. The lowest BCUT2D eigenvalue weighted by Gasteiger charge is -2.29. The summed E-state index contributed by atoms with van der Waals surface area (Å²) in [4.78, 5) is 25.7. The SMILES string of the molecule is C[C@H](NC(=O)[C@@H]1CS[C@H](Cc2ccccc2F)C(=O)N1)c1ccc([S@@](C)=O)cc1. The summed E-state index contributed by atoms with van der Waals surface area (Å²) in [5.41, 5.74) is 1.38. The minimum absolute atomic E-state index is 0.250. The van der Waals surface area contributed by atoms with Gasteiger partial charge >= 0.3 is 0 Å². The first-order valence-corrected chi connectivity index (χ1v) is 11.8. The fraction of sp³-hybridized carbons (Fsp3) is 0.333. The first kappa shape index (κ1) is 21.5. The van der Waals surface area contributed by atoms with E-state index in [-0.39, 0.29) is 23.7 Å². The molecule has 0 aromatic heterocycles. The van der Waals surface area contributed by atoms with Crippen molar-refractivity contribution in [3.05, 3.63) is 65.5 Å². The highest BCUT2D eigenvalue weighted by molar-refractivity contribution is 8.00. The zero-order chi connectivity index (χ0) is 21.0. The van der Waals surface area contributed by atoms with Gasteiger partial charge in [-0.3, -0.25) is 13.8 Å². The number of benzene rings is 2. The monoisotopic (exact) mass is 434 g/mol. The van der Waals surface area contributed by atoms with Gasteiger partial charge < -0.3 is 10.6 Å². The van der Waals surface area contributed by atoms with E-state index in [0.29, 0.717) is 17.7 Å². The van der Waals surface area contributed by atoms with Crippen molar-refractivity contribution in [3.8, 4) is 0 Å². The molecule has 1 saturated heterocycles. The maximum atomic E-state index is 13.8. The molecule has 8 heteroatoms. The number of rotatable bonds is 6. The zero-order valence-corrected chi connectivity index (χ0v) is 17.8. The van der Waals surface area contributed by atoms with Crippen molar-refractivity contribution in [2.24, 2.45) is 0 Å². The Kier molecular flexibility index (Phi) is 7.08. The van der Waals surface area contributed by atoms with Gasteiger partial charge in [0.1, 0.15) is 11.9 Å². The van der Waals surface area contributed by atoms with E-state index in [0.717, 1.165) is 10.5 Å². The molecule has 1 heterocycles. The van der Waals surface area contributed by atoms with Gasteiger partial charge in [-0.05, 0) is 42.7 Å². The molecule has 0 radical (unpaired) electrons. The normalized spacial score (nSPS) is 21.1. The van der Waals surface area contributed by atoms with Gasteiger partial charge in [0.25, 0.3) is 0 Å². The van der Waals surface area contributed by atoms with E-state index < -0.39 is 22.1 Å². The zero-order valence-electron chi connectivity index (χ0n) is 16.2. The van der Waals surface area contributed by atoms with Gasteiger partial charge in [-0.2, -0.15) is 0 Å². The second kappa shape index (κ2) is 9.54. The van der Waals surface area contributed by atoms with E-state index >= 15 is 0 Å². The third kappa shape index (κ3) is 5.45. The van der Waals surface area contributed by atoms with Crippen LogP contribution in [0, 0.1) is 5.82 Å². The van der Waals surface area contributed by atoms with Gasteiger partial charge in [0, 0.05) is 27.7 Å². The van der Waals surface area contributed by atoms with E-state index in [1.807, 2.05) is 19.1 Å². The molecule has 4 atom stereocenters. The topological polar surface area (TPSA) is 75.3 Å². The fourth-order valence-electron chi connectivity index (χ4n) is 3.10. The average Bonchev–Trinajstić information content (AvgIpc) is 2.71. The van der Waals surface area contributed by atoms with Gasteiger partial charge in [0.15, 0.2) is 0 Å². The molecule has 2 aromatic carbocycles. The van der Waals surface area contributed by atoms with E-state index in [9.17, 15) is 18.2 Å². The minimum atomic E-state index is -1.05. The van der Waals surface area contributed by atoms with Crippen molar-refractivity contribution in [2.75, 3.05) is 12.0 Å². The van der Waals surface area contributed by atoms with Crippen LogP contribution in [0.4, 0.5) is 4.39 Å².